The van der Waals surface area contributed by atoms with E-state index < -0.39 is 36.0 Å². The molecule has 0 aliphatic heterocycles. The van der Waals surface area contributed by atoms with Crippen LogP contribution >= 0.6 is 0 Å². The van der Waals surface area contributed by atoms with Crippen LogP contribution in [0.5, 0.6) is 5.88 Å². The monoisotopic (exact) mass is 256 g/mol. The maximum Gasteiger partial charge on any atom is 0.326 e. The van der Waals surface area contributed by atoms with E-state index in [9.17, 15) is 14.4 Å². The number of aliphatic hydroxyl groups is 1. The van der Waals surface area contributed by atoms with E-state index in [1.165, 1.54) is 0 Å². The van der Waals surface area contributed by atoms with Crippen LogP contribution in [0.25, 0.3) is 0 Å². The Hall–Kier alpha value is -2.35. The Labute approximate surface area is 101 Å². The molecule has 1 heterocycles. The molecule has 5 N–H and O–H groups in total. The number of aromatic amines is 1. The normalized spacial score (nSPS) is 11.8. The lowest BCUT2D eigenvalue weighted by Crippen LogP contribution is -2.41. The van der Waals surface area contributed by atoms with E-state index in [4.69, 9.17) is 15.3 Å². The number of carboxylic acids is 1. The molecule has 1 atom stereocenters. The molecule has 0 aliphatic rings. The second kappa shape index (κ2) is 5.82. The molecule has 0 aromatic carbocycles. The molecule has 98 valence electrons. The van der Waals surface area contributed by atoms with Crippen molar-refractivity contribution in [2.45, 2.75) is 12.5 Å². The van der Waals surface area contributed by atoms with Crippen molar-refractivity contribution in [3.05, 3.63) is 28.0 Å². The van der Waals surface area contributed by atoms with Crippen LogP contribution in [0.4, 0.5) is 0 Å². The van der Waals surface area contributed by atoms with E-state index in [0.29, 0.717) is 0 Å². The molecule has 18 heavy (non-hydrogen) atoms. The maximum atomic E-state index is 11.6. The summed E-state index contributed by atoms with van der Waals surface area (Å²) in [5.74, 6) is -2.62. The van der Waals surface area contributed by atoms with Crippen molar-refractivity contribution in [1.82, 2.24) is 10.3 Å². The van der Waals surface area contributed by atoms with Crippen LogP contribution in [0, 0.1) is 0 Å². The molecule has 0 saturated carbocycles. The second-order valence-electron chi connectivity index (χ2n) is 3.50. The fourth-order valence-electron chi connectivity index (χ4n) is 1.29. The number of aliphatic carboxylic acids is 1. The van der Waals surface area contributed by atoms with Gasteiger partial charge in [-0.05, 0) is 0 Å². The van der Waals surface area contributed by atoms with Crippen molar-refractivity contribution in [1.29, 1.82) is 0 Å². The molecule has 0 bridgehead atoms. The molecule has 0 aliphatic carbocycles. The highest BCUT2D eigenvalue weighted by atomic mass is 16.4. The van der Waals surface area contributed by atoms with E-state index in [1.807, 2.05) is 4.98 Å². The van der Waals surface area contributed by atoms with Crippen LogP contribution in [-0.2, 0) is 4.79 Å². The van der Waals surface area contributed by atoms with Crippen LogP contribution in [0.15, 0.2) is 16.9 Å². The Morgan fingerprint density at radius 2 is 2.06 bits per heavy atom. The molecule has 1 rings (SSSR count). The lowest BCUT2D eigenvalue weighted by Gasteiger charge is -2.12. The quantitative estimate of drug-likeness (QED) is 0.441. The molecule has 1 amide bonds. The number of aromatic nitrogens is 1. The van der Waals surface area contributed by atoms with Gasteiger partial charge in [0.05, 0.1) is 5.56 Å². The number of H-pyrrole nitrogens is 1. The standard InChI is InChI=1S/C10H12N2O6/c13-2-1-6(10(17)18)11-9(16)5-3-7(14)12-8(15)4-5/h3-4,6,13H,1-2H2,(H,11,16)(H,17,18)(H2,12,14,15). The minimum atomic E-state index is -1.30. The van der Waals surface area contributed by atoms with E-state index in [0.717, 1.165) is 12.1 Å². The van der Waals surface area contributed by atoms with Gasteiger partial charge in [0.2, 0.25) is 0 Å². The molecule has 8 nitrogen and oxygen atoms in total. The number of amides is 1. The summed E-state index contributed by atoms with van der Waals surface area (Å²) in [6.07, 6.45) is -0.157. The zero-order valence-corrected chi connectivity index (χ0v) is 9.21. The van der Waals surface area contributed by atoms with Crippen molar-refractivity contribution in [2.75, 3.05) is 6.61 Å². The van der Waals surface area contributed by atoms with Crippen LogP contribution < -0.4 is 10.9 Å². The van der Waals surface area contributed by atoms with Gasteiger partial charge in [0.1, 0.15) is 6.04 Å². The lowest BCUT2D eigenvalue weighted by atomic mass is 10.2. The molecule has 0 saturated heterocycles. The highest BCUT2D eigenvalue weighted by Crippen LogP contribution is 2.05. The Balaban J connectivity index is 2.86. The van der Waals surface area contributed by atoms with Gasteiger partial charge < -0.3 is 20.6 Å². The van der Waals surface area contributed by atoms with Crippen molar-refractivity contribution >= 4 is 11.9 Å². The van der Waals surface area contributed by atoms with Gasteiger partial charge in [0.15, 0.2) is 5.88 Å². The van der Waals surface area contributed by atoms with Crippen LogP contribution in [-0.4, -0.2) is 44.8 Å². The Morgan fingerprint density at radius 3 is 2.56 bits per heavy atom. The summed E-state index contributed by atoms with van der Waals surface area (Å²) in [6.45, 7) is -0.405. The summed E-state index contributed by atoms with van der Waals surface area (Å²) in [6, 6.07) is 0.658. The molecule has 1 aromatic heterocycles. The van der Waals surface area contributed by atoms with Gasteiger partial charge in [-0.25, -0.2) is 4.79 Å². The highest BCUT2D eigenvalue weighted by molar-refractivity contribution is 5.96. The smallest absolute Gasteiger partial charge is 0.326 e. The Bertz CT molecular complexity index is 509. The molecule has 1 unspecified atom stereocenters. The zero-order chi connectivity index (χ0) is 13.7. The van der Waals surface area contributed by atoms with Crippen LogP contribution in [0.3, 0.4) is 0 Å². The van der Waals surface area contributed by atoms with Crippen LogP contribution in [0.2, 0.25) is 0 Å². The third-order valence-electron chi connectivity index (χ3n) is 2.11. The minimum absolute atomic E-state index is 0.157. The molecule has 0 radical (unpaired) electrons. The molecule has 0 fully saturated rings. The topological polar surface area (TPSA) is 140 Å². The van der Waals surface area contributed by atoms with Crippen molar-refractivity contribution in [3.8, 4) is 5.88 Å². The number of rotatable bonds is 5. The number of hydrogen-bond donors (Lipinski definition) is 5. The number of pyridine rings is 1. The number of carbonyl (C=O) groups is 2. The van der Waals surface area contributed by atoms with E-state index in [1.54, 1.807) is 0 Å². The van der Waals surface area contributed by atoms with Crippen molar-refractivity contribution in [2.24, 2.45) is 0 Å². The molecular formula is C10H12N2O6. The summed E-state index contributed by atoms with van der Waals surface area (Å²) in [5, 5.41) is 28.6. The van der Waals surface area contributed by atoms with Gasteiger partial charge in [0, 0.05) is 25.2 Å². The molecule has 1 aromatic rings. The number of nitrogens with one attached hydrogen (secondary N) is 2. The number of aliphatic hydroxyl groups excluding tert-OH is 1. The predicted octanol–water partition coefficient (Wildman–Crippen LogP) is -1.35. The number of aromatic hydroxyl groups is 1. The molecule has 8 heteroatoms. The summed E-state index contributed by atoms with van der Waals surface area (Å²) < 4.78 is 0. The van der Waals surface area contributed by atoms with Crippen LogP contribution in [0.1, 0.15) is 16.8 Å². The summed E-state index contributed by atoms with van der Waals surface area (Å²) >= 11 is 0. The Kier molecular flexibility index (Phi) is 4.44. The molecular weight excluding hydrogens is 244 g/mol. The third-order valence-corrected chi connectivity index (χ3v) is 2.11. The fourth-order valence-corrected chi connectivity index (χ4v) is 1.29. The first-order valence-electron chi connectivity index (χ1n) is 5.02. The van der Waals surface area contributed by atoms with Gasteiger partial charge in [-0.1, -0.05) is 0 Å². The molecule has 0 spiro atoms. The van der Waals surface area contributed by atoms with E-state index in [2.05, 4.69) is 5.32 Å². The average Bonchev–Trinajstić information content (AvgIpc) is 2.26. The first kappa shape index (κ1) is 13.7. The van der Waals surface area contributed by atoms with Gasteiger partial charge in [0.25, 0.3) is 11.5 Å². The summed E-state index contributed by atoms with van der Waals surface area (Å²) in [5.41, 5.74) is -0.852. The number of hydrogen-bond acceptors (Lipinski definition) is 5. The van der Waals surface area contributed by atoms with Gasteiger partial charge in [-0.15, -0.1) is 0 Å². The van der Waals surface area contributed by atoms with E-state index in [-0.39, 0.29) is 12.0 Å². The van der Waals surface area contributed by atoms with Crippen molar-refractivity contribution < 1.29 is 24.9 Å². The second-order valence-corrected chi connectivity index (χ2v) is 3.50. The summed E-state index contributed by atoms with van der Waals surface area (Å²) in [7, 11) is 0. The maximum absolute atomic E-state index is 11.6. The SMILES string of the molecule is O=C(NC(CCO)C(=O)O)c1cc(O)[nH]c(=O)c1. The van der Waals surface area contributed by atoms with Gasteiger partial charge in [-0.2, -0.15) is 0 Å². The Morgan fingerprint density at radius 1 is 1.39 bits per heavy atom. The lowest BCUT2D eigenvalue weighted by molar-refractivity contribution is -0.139. The van der Waals surface area contributed by atoms with E-state index >= 15 is 0 Å². The first-order valence-corrected chi connectivity index (χ1v) is 5.02. The number of carbonyl (C=O) groups excluding carboxylic acids is 1. The van der Waals surface area contributed by atoms with Gasteiger partial charge >= 0.3 is 5.97 Å². The first-order chi connectivity index (χ1) is 8.43. The largest absolute Gasteiger partial charge is 0.494 e. The fraction of sp³-hybridized carbons (Fsp3) is 0.300. The van der Waals surface area contributed by atoms with Gasteiger partial charge in [-0.3, -0.25) is 14.6 Å². The highest BCUT2D eigenvalue weighted by Gasteiger charge is 2.20. The number of carboxylic acid groups (broad SMARTS) is 1. The average molecular weight is 256 g/mol. The third kappa shape index (κ3) is 3.59. The minimum Gasteiger partial charge on any atom is -0.494 e. The predicted molar refractivity (Wildman–Crippen MR) is 59.3 cm³/mol. The zero-order valence-electron chi connectivity index (χ0n) is 9.21. The summed E-state index contributed by atoms with van der Waals surface area (Å²) in [4.78, 5) is 35.4. The van der Waals surface area contributed by atoms with Crippen molar-refractivity contribution in [3.63, 3.8) is 0 Å².